The average Bonchev–Trinajstić information content (AvgIpc) is 2.83. The first-order valence-electron chi connectivity index (χ1n) is 7.12. The summed E-state index contributed by atoms with van der Waals surface area (Å²) in [6.45, 7) is 8.46. The maximum absolute atomic E-state index is 12.0. The Balaban J connectivity index is 2.26. The summed E-state index contributed by atoms with van der Waals surface area (Å²) in [5.41, 5.74) is 0.969. The summed E-state index contributed by atoms with van der Waals surface area (Å²) in [5.74, 6) is -0.260. The van der Waals surface area contributed by atoms with Crippen molar-refractivity contribution in [3.8, 4) is 0 Å². The topological polar surface area (TPSA) is 42.4 Å². The van der Waals surface area contributed by atoms with Crippen molar-refractivity contribution in [2.75, 3.05) is 24.6 Å². The minimum absolute atomic E-state index is 0.111. The summed E-state index contributed by atoms with van der Waals surface area (Å²) < 4.78 is 5.17. The van der Waals surface area contributed by atoms with Gasteiger partial charge in [0.15, 0.2) is 5.13 Å². The Morgan fingerprint density at radius 2 is 2.16 bits per heavy atom. The smallest absolute Gasteiger partial charge is 0.315 e. The lowest BCUT2D eigenvalue weighted by molar-refractivity contribution is -0.145. The lowest BCUT2D eigenvalue weighted by atomic mass is 9.91. The van der Waals surface area contributed by atoms with Crippen molar-refractivity contribution < 1.29 is 9.53 Å². The second kappa shape index (κ2) is 6.37. The van der Waals surface area contributed by atoms with Crippen molar-refractivity contribution in [3.05, 3.63) is 10.6 Å². The number of aryl methyl sites for hydroxylation is 1. The molecule has 1 aliphatic carbocycles. The van der Waals surface area contributed by atoms with Crippen molar-refractivity contribution >= 4 is 22.4 Å². The molecule has 2 rings (SSSR count). The molecule has 0 saturated carbocycles. The van der Waals surface area contributed by atoms with Crippen LogP contribution in [0.4, 0.5) is 5.13 Å². The summed E-state index contributed by atoms with van der Waals surface area (Å²) in [7, 11) is 0. The number of hydrogen-bond acceptors (Lipinski definition) is 5. The maximum Gasteiger partial charge on any atom is 0.315 e. The van der Waals surface area contributed by atoms with Gasteiger partial charge in [0.05, 0.1) is 12.3 Å². The van der Waals surface area contributed by atoms with E-state index in [4.69, 9.17) is 9.72 Å². The fourth-order valence-corrected chi connectivity index (χ4v) is 3.80. The molecule has 0 saturated heterocycles. The first-order valence-corrected chi connectivity index (χ1v) is 7.94. The molecule has 0 spiro atoms. The zero-order valence-electron chi connectivity index (χ0n) is 11.9. The number of ether oxygens (including phenoxy) is 1. The molecular formula is C14H22N2O2S. The van der Waals surface area contributed by atoms with Crippen molar-refractivity contribution in [3.63, 3.8) is 0 Å². The first-order chi connectivity index (χ1) is 9.21. The SMILES string of the molecule is CCOC(=O)C1CCCc2sc(N(CC)CC)nc21. The van der Waals surface area contributed by atoms with Crippen molar-refractivity contribution in [2.45, 2.75) is 46.0 Å². The van der Waals surface area contributed by atoms with Crippen LogP contribution in [0.1, 0.15) is 50.1 Å². The molecular weight excluding hydrogens is 260 g/mol. The third-order valence-corrected chi connectivity index (χ3v) is 4.74. The predicted octanol–water partition coefficient (Wildman–Crippen LogP) is 2.97. The number of carbonyl (C=O) groups is 1. The van der Waals surface area contributed by atoms with Gasteiger partial charge in [0.25, 0.3) is 0 Å². The van der Waals surface area contributed by atoms with Gasteiger partial charge in [-0.3, -0.25) is 4.79 Å². The minimum atomic E-state index is -0.149. The van der Waals surface area contributed by atoms with Gasteiger partial charge in [-0.1, -0.05) is 0 Å². The molecule has 5 heteroatoms. The summed E-state index contributed by atoms with van der Waals surface area (Å²) in [6, 6.07) is 0. The lowest BCUT2D eigenvalue weighted by Gasteiger charge is -2.19. The van der Waals surface area contributed by atoms with Gasteiger partial charge in [-0.25, -0.2) is 4.98 Å². The third-order valence-electron chi connectivity index (χ3n) is 3.55. The Kier molecular flexibility index (Phi) is 4.80. The highest BCUT2D eigenvalue weighted by Gasteiger charge is 2.31. The monoisotopic (exact) mass is 282 g/mol. The number of hydrogen-bond donors (Lipinski definition) is 0. The van der Waals surface area contributed by atoms with Gasteiger partial charge in [0, 0.05) is 18.0 Å². The van der Waals surface area contributed by atoms with E-state index < -0.39 is 0 Å². The van der Waals surface area contributed by atoms with E-state index in [-0.39, 0.29) is 11.9 Å². The van der Waals surface area contributed by atoms with Gasteiger partial charge in [-0.05, 0) is 40.0 Å². The van der Waals surface area contributed by atoms with Crippen LogP contribution in [0.5, 0.6) is 0 Å². The third kappa shape index (κ3) is 2.91. The molecule has 1 atom stereocenters. The molecule has 4 nitrogen and oxygen atoms in total. The number of anilines is 1. The number of fused-ring (bicyclic) bond motifs is 1. The fraction of sp³-hybridized carbons (Fsp3) is 0.714. The first kappa shape index (κ1) is 14.3. The molecule has 0 radical (unpaired) electrons. The molecule has 0 N–H and O–H groups in total. The fourth-order valence-electron chi connectivity index (χ4n) is 2.51. The number of carbonyl (C=O) groups excluding carboxylic acids is 1. The predicted molar refractivity (Wildman–Crippen MR) is 78.0 cm³/mol. The largest absolute Gasteiger partial charge is 0.465 e. The van der Waals surface area contributed by atoms with Crippen LogP contribution in [0.3, 0.4) is 0 Å². The molecule has 19 heavy (non-hydrogen) atoms. The summed E-state index contributed by atoms with van der Waals surface area (Å²) >= 11 is 1.74. The van der Waals surface area contributed by atoms with Gasteiger partial charge in [-0.2, -0.15) is 0 Å². The number of aromatic nitrogens is 1. The highest BCUT2D eigenvalue weighted by atomic mass is 32.1. The molecule has 106 valence electrons. The van der Waals surface area contributed by atoms with Crippen molar-refractivity contribution in [2.24, 2.45) is 0 Å². The van der Waals surface area contributed by atoms with Crippen LogP contribution in [0.2, 0.25) is 0 Å². The van der Waals surface area contributed by atoms with Gasteiger partial charge >= 0.3 is 5.97 Å². The zero-order valence-corrected chi connectivity index (χ0v) is 12.8. The normalized spacial score (nSPS) is 17.9. The van der Waals surface area contributed by atoms with E-state index >= 15 is 0 Å². The second-order valence-corrected chi connectivity index (χ2v) is 5.74. The maximum atomic E-state index is 12.0. The number of nitrogens with zero attached hydrogens (tertiary/aromatic N) is 2. The Hall–Kier alpha value is -1.10. The van der Waals surface area contributed by atoms with Gasteiger partial charge in [-0.15, -0.1) is 11.3 Å². The summed E-state index contributed by atoms with van der Waals surface area (Å²) in [4.78, 5) is 20.2. The molecule has 1 unspecified atom stereocenters. The molecule has 0 amide bonds. The van der Waals surface area contributed by atoms with Crippen LogP contribution in [0, 0.1) is 0 Å². The van der Waals surface area contributed by atoms with E-state index in [2.05, 4.69) is 18.7 Å². The Labute approximate surface area is 118 Å². The molecule has 0 bridgehead atoms. The highest BCUT2D eigenvalue weighted by molar-refractivity contribution is 7.15. The van der Waals surface area contributed by atoms with Crippen LogP contribution in [-0.2, 0) is 16.0 Å². The Morgan fingerprint density at radius 3 is 2.79 bits per heavy atom. The van der Waals surface area contributed by atoms with E-state index in [1.807, 2.05) is 6.92 Å². The number of rotatable bonds is 5. The number of thiazole rings is 1. The molecule has 0 fully saturated rings. The molecule has 1 heterocycles. The van der Waals surface area contributed by atoms with Crippen LogP contribution in [0.15, 0.2) is 0 Å². The van der Waals surface area contributed by atoms with E-state index in [1.54, 1.807) is 11.3 Å². The van der Waals surface area contributed by atoms with Crippen LogP contribution in [0.25, 0.3) is 0 Å². The van der Waals surface area contributed by atoms with Crippen LogP contribution in [-0.4, -0.2) is 30.6 Å². The lowest BCUT2D eigenvalue weighted by Crippen LogP contribution is -2.22. The average molecular weight is 282 g/mol. The summed E-state index contributed by atoms with van der Waals surface area (Å²) in [6.07, 6.45) is 2.97. The zero-order chi connectivity index (χ0) is 13.8. The molecule has 1 aromatic heterocycles. The molecule has 1 aliphatic rings. The Bertz CT molecular complexity index is 441. The van der Waals surface area contributed by atoms with E-state index in [9.17, 15) is 4.79 Å². The second-order valence-electron chi connectivity index (χ2n) is 4.67. The van der Waals surface area contributed by atoms with E-state index in [0.29, 0.717) is 6.61 Å². The van der Waals surface area contributed by atoms with E-state index in [1.165, 1.54) is 4.88 Å². The molecule has 1 aromatic rings. The van der Waals surface area contributed by atoms with Gasteiger partial charge in [0.1, 0.15) is 5.92 Å². The minimum Gasteiger partial charge on any atom is -0.465 e. The summed E-state index contributed by atoms with van der Waals surface area (Å²) in [5, 5.41) is 1.05. The van der Waals surface area contributed by atoms with Crippen molar-refractivity contribution in [1.82, 2.24) is 4.98 Å². The van der Waals surface area contributed by atoms with Gasteiger partial charge in [0.2, 0.25) is 0 Å². The van der Waals surface area contributed by atoms with Gasteiger partial charge < -0.3 is 9.64 Å². The van der Waals surface area contributed by atoms with Crippen LogP contribution >= 0.6 is 11.3 Å². The highest BCUT2D eigenvalue weighted by Crippen LogP contribution is 2.38. The van der Waals surface area contributed by atoms with E-state index in [0.717, 1.165) is 43.2 Å². The quantitative estimate of drug-likeness (QED) is 0.779. The van der Waals surface area contributed by atoms with Crippen LogP contribution < -0.4 is 4.90 Å². The molecule has 0 aliphatic heterocycles. The number of esters is 1. The Morgan fingerprint density at radius 1 is 1.42 bits per heavy atom. The molecule has 0 aromatic carbocycles. The standard InChI is InChI=1S/C14H22N2O2S/c1-4-16(5-2)14-15-12-10(13(17)18-6-3)8-7-9-11(12)19-14/h10H,4-9H2,1-3H3. The van der Waals surface area contributed by atoms with Crippen molar-refractivity contribution in [1.29, 1.82) is 0 Å².